The molecule has 15 aromatic rings. The number of nitriles is 1. The molecule has 0 aliphatic heterocycles. The molecule has 0 aliphatic rings. The highest BCUT2D eigenvalue weighted by Crippen LogP contribution is 2.38. The van der Waals surface area contributed by atoms with Crippen LogP contribution in [0.4, 0.5) is 34.1 Å². The molecule has 0 spiro atoms. The number of rotatable bonds is 20. The second kappa shape index (κ2) is 36.2. The monoisotopic (exact) mass is 1510 g/mol. The summed E-state index contributed by atoms with van der Waals surface area (Å²) in [5, 5.41) is 31.3. The van der Waals surface area contributed by atoms with E-state index in [9.17, 15) is 10.4 Å². The Kier molecular flexibility index (Phi) is 24.3. The smallest absolute Gasteiger partial charge is 0.250 e. The summed E-state index contributed by atoms with van der Waals surface area (Å²) in [6, 6.07) is 47.7. The summed E-state index contributed by atoms with van der Waals surface area (Å²) in [5.74, 6) is 23.7. The van der Waals surface area contributed by atoms with Crippen molar-refractivity contribution in [2.45, 2.75) is 6.73 Å². The summed E-state index contributed by atoms with van der Waals surface area (Å²) in [5.41, 5.74) is 17.4. The molecule has 1 N–H and O–H groups in total. The van der Waals surface area contributed by atoms with Gasteiger partial charge in [0.15, 0.2) is 12.4 Å². The molecule has 9 aromatic heterocycles. The van der Waals surface area contributed by atoms with Gasteiger partial charge in [0, 0.05) is 175 Å². The van der Waals surface area contributed by atoms with Gasteiger partial charge in [0.25, 0.3) is 0 Å². The molecular weight excluding hydrogens is 1440 g/mol. The van der Waals surface area contributed by atoms with Crippen LogP contribution in [0.5, 0.6) is 40.4 Å². The molecule has 114 heavy (non-hydrogen) atoms. The van der Waals surface area contributed by atoms with Gasteiger partial charge in [0.05, 0.1) is 174 Å². The number of aromatic nitrogens is 15. The summed E-state index contributed by atoms with van der Waals surface area (Å²) in [4.78, 5) is 42.9. The maximum Gasteiger partial charge on any atom is 0.250 e. The van der Waals surface area contributed by atoms with Crippen molar-refractivity contribution in [2.24, 2.45) is 21.1 Å². The van der Waals surface area contributed by atoms with Crippen molar-refractivity contribution in [3.8, 4) is 116 Å². The summed E-state index contributed by atoms with van der Waals surface area (Å²) < 4.78 is 45.2. The molecule has 15 rings (SSSR count). The van der Waals surface area contributed by atoms with E-state index in [1.807, 2.05) is 172 Å². The van der Waals surface area contributed by atoms with Crippen LogP contribution in [-0.2, 0) is 27.9 Å². The predicted molar refractivity (Wildman–Crippen MR) is 434 cm³/mol. The number of ether oxygens (including phenoxy) is 7. The first-order valence-corrected chi connectivity index (χ1v) is 35.4. The zero-order valence-corrected chi connectivity index (χ0v) is 64.0. The van der Waals surface area contributed by atoms with Gasteiger partial charge in [0.2, 0.25) is 12.6 Å². The number of hydrogen-bond donors (Lipinski definition) is 1. The van der Waals surface area contributed by atoms with Crippen molar-refractivity contribution < 1.29 is 42.8 Å². The molecule has 9 heterocycles. The van der Waals surface area contributed by atoms with E-state index >= 15 is 0 Å². The van der Waals surface area contributed by atoms with E-state index in [0.29, 0.717) is 71.3 Å². The quantitative estimate of drug-likeness (QED) is 0.0548. The summed E-state index contributed by atoms with van der Waals surface area (Å²) in [6.07, 6.45) is 23.2. The van der Waals surface area contributed by atoms with Crippen molar-refractivity contribution in [3.05, 3.63) is 249 Å². The fourth-order valence-corrected chi connectivity index (χ4v) is 11.9. The van der Waals surface area contributed by atoms with E-state index in [4.69, 9.17) is 48.1 Å². The van der Waals surface area contributed by atoms with E-state index < -0.39 is 0 Å². The minimum atomic E-state index is -0.107. The molecule has 0 saturated heterocycles. The first-order valence-electron chi connectivity index (χ1n) is 35.4. The van der Waals surface area contributed by atoms with Crippen LogP contribution in [0.25, 0.3) is 66.9 Å². The summed E-state index contributed by atoms with van der Waals surface area (Å²) in [6.45, 7) is 0.994. The highest BCUT2D eigenvalue weighted by molar-refractivity contribution is 5.86. The largest absolute Gasteiger partial charge is 0.497 e. The number of pyridine rings is 3. The molecule has 0 unspecified atom stereocenters. The molecule has 6 aromatic carbocycles. The summed E-state index contributed by atoms with van der Waals surface area (Å²) in [7, 11) is 16.9. The van der Waals surface area contributed by atoms with E-state index in [2.05, 4.69) is 91.6 Å². The number of hydrogen-bond acceptors (Lipinski definition) is 23. The van der Waals surface area contributed by atoms with E-state index in [1.54, 1.807) is 149 Å². The Balaban J connectivity index is 0.000000149. The van der Waals surface area contributed by atoms with Crippen LogP contribution in [-0.4, -0.2) is 144 Å². The van der Waals surface area contributed by atoms with Crippen molar-refractivity contribution in [1.29, 1.82) is 5.26 Å². The number of benzene rings is 6. The summed E-state index contributed by atoms with van der Waals surface area (Å²) >= 11 is 0. The number of anilines is 6. The molecule has 0 saturated carbocycles. The number of nitrogens with zero attached hydrogens (tertiary/aromatic N) is 19. The normalized spacial score (nSPS) is 10.5. The van der Waals surface area contributed by atoms with Crippen LogP contribution in [0.3, 0.4) is 0 Å². The van der Waals surface area contributed by atoms with Crippen LogP contribution >= 0.6 is 0 Å². The number of aliphatic hydroxyl groups is 1. The lowest BCUT2D eigenvalue weighted by atomic mass is 10.2. The highest BCUT2D eigenvalue weighted by Gasteiger charge is 2.19. The van der Waals surface area contributed by atoms with Gasteiger partial charge in [-0.2, -0.15) is 25.1 Å². The Hall–Kier alpha value is -15.5. The fourth-order valence-electron chi connectivity index (χ4n) is 11.9. The number of aliphatic hydroxyl groups excluding tert-OH is 1. The molecule has 0 atom stereocenters. The van der Waals surface area contributed by atoms with Gasteiger partial charge in [-0.25, -0.2) is 24.9 Å². The second-order valence-corrected chi connectivity index (χ2v) is 25.2. The zero-order valence-electron chi connectivity index (χ0n) is 64.0. The average molecular weight is 1520 g/mol. The minimum absolute atomic E-state index is 0.107. The third kappa shape index (κ3) is 19.0. The van der Waals surface area contributed by atoms with Gasteiger partial charge in [-0.15, -0.1) is 0 Å². The van der Waals surface area contributed by atoms with E-state index in [1.165, 1.54) is 0 Å². The molecular formula is C87H76N19O8+. The van der Waals surface area contributed by atoms with E-state index in [0.717, 1.165) is 112 Å². The molecule has 0 radical (unpaired) electrons. The minimum Gasteiger partial charge on any atom is -0.497 e. The number of methoxy groups -OCH3 is 7. The van der Waals surface area contributed by atoms with Crippen molar-refractivity contribution in [2.75, 3.05) is 84.1 Å². The van der Waals surface area contributed by atoms with Gasteiger partial charge in [-0.3, -0.25) is 29.0 Å². The van der Waals surface area contributed by atoms with Crippen LogP contribution in [0.15, 0.2) is 226 Å². The fraction of sp³-hybridized carbons (Fsp3) is 0.161. The lowest BCUT2D eigenvalue weighted by molar-refractivity contribution is -0.730. The standard InChI is InChI=1S/C29H23N7O2.C29H26N6O3.C29H27N6O3/c1-35-19-21(17-33-35)29-18-32-27-7-6-23(14-28(27)34-29)36(24-12-25(37-2)15-26(13-24)38-3)10-4-5-22-11-20(16-30)8-9-31-22;1-34-19-21(17-32-34)28-18-31-26-8-7-22(15-27(26)33-28)35(23-13-24(36-2)16-25(14-23)37-3)11-5-6-20-9-10-30-29(12-20)38-4;1-33-19-22(16-31-33)29-17-30-27-9-8-23(14-28(27)32-29)35(24-12-25(37-2)15-26(13-24)38-3)11-5-7-21-6-4-10-34(18-21)20-36/h6-9,11-15,17-19H,10H2,1-3H3;7-10,12-19H,11H2,1-4H3;4,6,8-10,12-19,36H,11,20H2,1-3H3/q;;+1. The molecule has 566 valence electrons. The zero-order chi connectivity index (χ0) is 79.5. The maximum atomic E-state index is 9.42. The van der Waals surface area contributed by atoms with Crippen molar-refractivity contribution in [1.82, 2.24) is 69.2 Å². The lowest BCUT2D eigenvalue weighted by Gasteiger charge is -2.24. The Morgan fingerprint density at radius 3 is 1.14 bits per heavy atom. The molecule has 27 nitrogen and oxygen atoms in total. The Morgan fingerprint density at radius 1 is 0.386 bits per heavy atom. The Morgan fingerprint density at radius 2 is 0.772 bits per heavy atom. The third-order valence-corrected chi connectivity index (χ3v) is 17.7. The van der Waals surface area contributed by atoms with Gasteiger partial charge < -0.3 is 53.0 Å². The second-order valence-electron chi connectivity index (χ2n) is 25.2. The topological polar surface area (TPSA) is 279 Å². The predicted octanol–water partition coefficient (Wildman–Crippen LogP) is 12.6. The highest BCUT2D eigenvalue weighted by atomic mass is 16.5. The van der Waals surface area contributed by atoms with Crippen LogP contribution in [0, 0.1) is 46.9 Å². The molecule has 0 amide bonds. The Labute approximate surface area is 657 Å². The molecule has 0 aliphatic carbocycles. The third-order valence-electron chi connectivity index (χ3n) is 17.7. The molecule has 27 heteroatoms. The number of fused-ring (bicyclic) bond motifs is 3. The van der Waals surface area contributed by atoms with E-state index in [-0.39, 0.29) is 6.73 Å². The van der Waals surface area contributed by atoms with Crippen molar-refractivity contribution in [3.63, 3.8) is 0 Å². The Bertz CT molecular complexity index is 5910. The number of aryl methyl sites for hydroxylation is 3. The average Bonchev–Trinajstić information content (AvgIpc) is 1.01. The first kappa shape index (κ1) is 76.7. The lowest BCUT2D eigenvalue weighted by Crippen LogP contribution is -2.32. The van der Waals surface area contributed by atoms with Crippen molar-refractivity contribution >= 4 is 67.2 Å². The molecule has 0 fully saturated rings. The van der Waals surface area contributed by atoms with Gasteiger partial charge in [-0.1, -0.05) is 29.6 Å². The van der Waals surface area contributed by atoms with Gasteiger partial charge in [-0.05, 0) is 84.8 Å². The van der Waals surface area contributed by atoms with Gasteiger partial charge >= 0.3 is 0 Å². The van der Waals surface area contributed by atoms with Crippen LogP contribution in [0.1, 0.15) is 22.4 Å². The van der Waals surface area contributed by atoms with Gasteiger partial charge in [0.1, 0.15) is 40.2 Å². The van der Waals surface area contributed by atoms with Crippen LogP contribution in [0.2, 0.25) is 0 Å². The first-order chi connectivity index (χ1) is 55.7. The maximum absolute atomic E-state index is 9.42. The van der Waals surface area contributed by atoms with Crippen LogP contribution < -0.4 is 52.4 Å². The molecule has 0 bridgehead atoms. The SMILES string of the molecule is COc1cc(OC)cc(N(CC#Cc2cc(C#N)ccn2)c2ccc3ncc(-c4cnn(C)c4)nc3c2)c1.COc1cc(OC)cc(N(CC#Cc2ccc[n+](CO)c2)c2ccc3ncc(-c4cnn(C)c4)nc3c2)c1.COc1cc(OC)cc(N(CC#Cc2ccnc(OC)c2)c2ccc3ncc(-c4cnn(C)c4)nc3c2)c1.